The van der Waals surface area contributed by atoms with E-state index in [1.54, 1.807) is 6.92 Å². The Hall–Kier alpha value is -1.44. The molecule has 2 heterocycles. The van der Waals surface area contributed by atoms with Crippen molar-refractivity contribution in [3.05, 3.63) is 33.1 Å². The molecule has 94 valence electrons. The molecule has 0 spiro atoms. The quantitative estimate of drug-likeness (QED) is 0.580. The Labute approximate surface area is 96.3 Å². The van der Waals surface area contributed by atoms with Crippen molar-refractivity contribution in [2.24, 2.45) is 5.92 Å². The van der Waals surface area contributed by atoms with Crippen molar-refractivity contribution in [1.29, 1.82) is 0 Å². The maximum atomic E-state index is 11.6. The van der Waals surface area contributed by atoms with Crippen LogP contribution in [0.3, 0.4) is 0 Å². The van der Waals surface area contributed by atoms with Crippen LogP contribution in [0, 0.1) is 5.92 Å². The number of H-pyrrole nitrogens is 1. The highest BCUT2D eigenvalue weighted by atomic mass is 16.5. The van der Waals surface area contributed by atoms with Gasteiger partial charge in [0.25, 0.3) is 5.56 Å². The van der Waals surface area contributed by atoms with E-state index in [-0.39, 0.29) is 12.5 Å². The zero-order chi connectivity index (χ0) is 12.6. The van der Waals surface area contributed by atoms with Gasteiger partial charge in [0, 0.05) is 18.2 Å². The first-order valence-electron chi connectivity index (χ1n) is 5.30. The molecule has 1 aliphatic rings. The summed E-state index contributed by atoms with van der Waals surface area (Å²) in [5.74, 6) is -0.351. The van der Waals surface area contributed by atoms with E-state index in [1.165, 1.54) is 16.8 Å². The van der Waals surface area contributed by atoms with E-state index in [9.17, 15) is 14.7 Å². The summed E-state index contributed by atoms with van der Waals surface area (Å²) >= 11 is 0. The normalized spacial score (nSPS) is 32.9. The fourth-order valence-electron chi connectivity index (χ4n) is 1.99. The molecule has 1 saturated heterocycles. The molecule has 2 rings (SSSR count). The number of nitrogens with one attached hydrogen (secondary N) is 1. The maximum Gasteiger partial charge on any atom is 0.330 e. The van der Waals surface area contributed by atoms with Gasteiger partial charge in [-0.2, -0.15) is 0 Å². The molecule has 17 heavy (non-hydrogen) atoms. The van der Waals surface area contributed by atoms with E-state index in [0.29, 0.717) is 0 Å². The van der Waals surface area contributed by atoms with Crippen LogP contribution < -0.4 is 11.2 Å². The maximum absolute atomic E-state index is 11.6. The number of nitrogens with zero attached hydrogens (tertiary/aromatic N) is 1. The largest absolute Gasteiger partial charge is 0.394 e. The van der Waals surface area contributed by atoms with E-state index in [2.05, 4.69) is 4.98 Å². The Morgan fingerprint density at radius 2 is 2.24 bits per heavy atom. The molecule has 2 unspecified atom stereocenters. The Morgan fingerprint density at radius 3 is 2.76 bits per heavy atom. The van der Waals surface area contributed by atoms with Crippen LogP contribution in [0.25, 0.3) is 0 Å². The molecule has 7 nitrogen and oxygen atoms in total. The third kappa shape index (κ3) is 2.04. The highest BCUT2D eigenvalue weighted by molar-refractivity contribution is 4.91. The fraction of sp³-hybridized carbons (Fsp3) is 0.600. The Kier molecular flexibility index (Phi) is 3.14. The third-order valence-electron chi connectivity index (χ3n) is 2.99. The highest BCUT2D eigenvalue weighted by Gasteiger charge is 2.41. The topological polar surface area (TPSA) is 105 Å². The second kappa shape index (κ2) is 4.44. The number of hydrogen-bond acceptors (Lipinski definition) is 5. The van der Waals surface area contributed by atoms with Gasteiger partial charge in [0.15, 0.2) is 0 Å². The molecule has 7 heteroatoms. The van der Waals surface area contributed by atoms with Gasteiger partial charge in [-0.25, -0.2) is 4.79 Å². The number of hydrogen-bond donors (Lipinski definition) is 3. The van der Waals surface area contributed by atoms with E-state index in [4.69, 9.17) is 9.84 Å². The summed E-state index contributed by atoms with van der Waals surface area (Å²) in [6, 6.07) is 1.20. The summed E-state index contributed by atoms with van der Waals surface area (Å²) in [6.07, 6.45) is -0.932. The molecule has 4 atom stereocenters. The molecular formula is C10H14N2O5. The van der Waals surface area contributed by atoms with Crippen LogP contribution in [0.4, 0.5) is 0 Å². The zero-order valence-electron chi connectivity index (χ0n) is 9.24. The number of ether oxygens (including phenoxy) is 1. The minimum absolute atomic E-state index is 0.319. The molecule has 1 aromatic heterocycles. The summed E-state index contributed by atoms with van der Waals surface area (Å²) in [7, 11) is 0. The highest BCUT2D eigenvalue weighted by Crippen LogP contribution is 2.32. The van der Waals surface area contributed by atoms with Crippen molar-refractivity contribution in [2.75, 3.05) is 6.61 Å². The van der Waals surface area contributed by atoms with Crippen LogP contribution in [0.5, 0.6) is 0 Å². The fourth-order valence-corrected chi connectivity index (χ4v) is 1.99. The van der Waals surface area contributed by atoms with Gasteiger partial charge in [-0.3, -0.25) is 14.3 Å². The van der Waals surface area contributed by atoms with Crippen LogP contribution in [0.2, 0.25) is 0 Å². The third-order valence-corrected chi connectivity index (χ3v) is 2.99. The molecular weight excluding hydrogens is 228 g/mol. The summed E-state index contributed by atoms with van der Waals surface area (Å²) in [6.45, 7) is 1.39. The van der Waals surface area contributed by atoms with Gasteiger partial charge < -0.3 is 14.9 Å². The number of aromatic amines is 1. The van der Waals surface area contributed by atoms with Gasteiger partial charge in [-0.15, -0.1) is 0 Å². The van der Waals surface area contributed by atoms with Crippen molar-refractivity contribution in [3.8, 4) is 0 Å². The SMILES string of the molecule is CC1C(n2ccc(=O)[nH]c2=O)O[C@H](CO)[C@@H]1O. The molecule has 3 N–H and O–H groups in total. The minimum atomic E-state index is -0.844. The van der Waals surface area contributed by atoms with Crippen molar-refractivity contribution in [3.63, 3.8) is 0 Å². The lowest BCUT2D eigenvalue weighted by Crippen LogP contribution is -2.33. The van der Waals surface area contributed by atoms with Crippen LogP contribution in [0.1, 0.15) is 13.2 Å². The zero-order valence-corrected chi connectivity index (χ0v) is 9.24. The first-order chi connectivity index (χ1) is 8.04. The Bertz CT molecular complexity index is 508. The van der Waals surface area contributed by atoms with Crippen molar-refractivity contribution in [2.45, 2.75) is 25.4 Å². The summed E-state index contributed by atoms with van der Waals surface area (Å²) in [5, 5.41) is 18.8. The first-order valence-corrected chi connectivity index (χ1v) is 5.30. The van der Waals surface area contributed by atoms with Gasteiger partial charge in [-0.05, 0) is 0 Å². The summed E-state index contributed by atoms with van der Waals surface area (Å²) < 4.78 is 6.58. The van der Waals surface area contributed by atoms with Gasteiger partial charge in [-0.1, -0.05) is 6.92 Å². The molecule has 0 saturated carbocycles. The number of aliphatic hydroxyl groups is 2. The Morgan fingerprint density at radius 1 is 1.53 bits per heavy atom. The second-order valence-corrected chi connectivity index (χ2v) is 4.11. The number of rotatable bonds is 2. The second-order valence-electron chi connectivity index (χ2n) is 4.11. The summed E-state index contributed by atoms with van der Waals surface area (Å²) in [4.78, 5) is 24.6. The van der Waals surface area contributed by atoms with Crippen LogP contribution in [0.15, 0.2) is 21.9 Å². The van der Waals surface area contributed by atoms with Crippen LogP contribution in [-0.2, 0) is 4.74 Å². The molecule has 0 amide bonds. The van der Waals surface area contributed by atoms with Crippen LogP contribution >= 0.6 is 0 Å². The van der Waals surface area contributed by atoms with Crippen LogP contribution in [-0.4, -0.2) is 38.6 Å². The smallest absolute Gasteiger partial charge is 0.330 e. The van der Waals surface area contributed by atoms with Gasteiger partial charge in [0.05, 0.1) is 12.7 Å². The predicted octanol–water partition coefficient (Wildman–Crippen LogP) is -1.58. The molecule has 0 radical (unpaired) electrons. The van der Waals surface area contributed by atoms with Crippen molar-refractivity contribution in [1.82, 2.24) is 9.55 Å². The van der Waals surface area contributed by atoms with E-state index in [1.807, 2.05) is 0 Å². The molecule has 1 aromatic rings. The lowest BCUT2D eigenvalue weighted by Gasteiger charge is -2.17. The molecule has 0 bridgehead atoms. The standard InChI is InChI=1S/C10H14N2O5/c1-5-8(15)6(4-13)17-9(5)12-3-2-7(14)11-10(12)16/h2-3,5-6,8-9,13,15H,4H2,1H3,(H,11,14,16)/t5?,6-,8-,9?/m1/s1. The lowest BCUT2D eigenvalue weighted by molar-refractivity contribution is -0.0477. The van der Waals surface area contributed by atoms with Gasteiger partial charge in [0.2, 0.25) is 0 Å². The molecule has 0 aliphatic carbocycles. The van der Waals surface area contributed by atoms with Gasteiger partial charge in [0.1, 0.15) is 12.3 Å². The van der Waals surface area contributed by atoms with E-state index >= 15 is 0 Å². The minimum Gasteiger partial charge on any atom is -0.394 e. The van der Waals surface area contributed by atoms with E-state index in [0.717, 1.165) is 0 Å². The molecule has 0 aromatic carbocycles. The monoisotopic (exact) mass is 242 g/mol. The van der Waals surface area contributed by atoms with Crippen molar-refractivity contribution < 1.29 is 14.9 Å². The summed E-state index contributed by atoms with van der Waals surface area (Å²) in [5.41, 5.74) is -1.09. The number of aliphatic hydroxyl groups excluding tert-OH is 2. The first kappa shape index (κ1) is 12.0. The predicted molar refractivity (Wildman–Crippen MR) is 57.5 cm³/mol. The lowest BCUT2D eigenvalue weighted by atomic mass is 10.0. The average Bonchev–Trinajstić information content (AvgIpc) is 2.57. The van der Waals surface area contributed by atoms with Crippen molar-refractivity contribution >= 4 is 0 Å². The van der Waals surface area contributed by atoms with Gasteiger partial charge >= 0.3 is 5.69 Å². The molecule has 1 fully saturated rings. The number of aromatic nitrogens is 2. The Balaban J connectivity index is 2.35. The molecule has 1 aliphatic heterocycles. The van der Waals surface area contributed by atoms with E-state index < -0.39 is 29.7 Å². The average molecular weight is 242 g/mol.